The molecule has 0 saturated heterocycles. The Morgan fingerprint density at radius 1 is 0.536 bits per heavy atom. The van der Waals surface area contributed by atoms with E-state index in [0.29, 0.717) is 0 Å². The van der Waals surface area contributed by atoms with E-state index in [1.807, 2.05) is 12.3 Å². The number of aromatic nitrogens is 2. The third kappa shape index (κ3) is 2.21. The Morgan fingerprint density at radius 3 is 2.18 bits per heavy atom. The monoisotopic (exact) mass is 356 g/mol. The average molecular weight is 356 g/mol. The summed E-state index contributed by atoms with van der Waals surface area (Å²) in [6.07, 6.45) is 1.86. The summed E-state index contributed by atoms with van der Waals surface area (Å²) in [4.78, 5) is 9.71. The van der Waals surface area contributed by atoms with Crippen molar-refractivity contribution in [1.82, 2.24) is 9.97 Å². The molecule has 6 rings (SSSR count). The van der Waals surface area contributed by atoms with Gasteiger partial charge in [-0.05, 0) is 45.8 Å². The molecule has 0 amide bonds. The lowest BCUT2D eigenvalue weighted by Gasteiger charge is -2.11. The number of benzene rings is 4. The molecule has 28 heavy (non-hydrogen) atoms. The molecule has 0 aliphatic carbocycles. The van der Waals surface area contributed by atoms with Crippen molar-refractivity contribution >= 4 is 43.4 Å². The molecule has 2 heteroatoms. The molecule has 2 heterocycles. The largest absolute Gasteiger partial charge is 0.256 e. The first-order valence-electron chi connectivity index (χ1n) is 9.44. The van der Waals surface area contributed by atoms with Crippen molar-refractivity contribution < 1.29 is 0 Å². The summed E-state index contributed by atoms with van der Waals surface area (Å²) in [6.45, 7) is 0. The molecule has 0 atom stereocenters. The predicted octanol–water partition coefficient (Wildman–Crippen LogP) is 6.76. The van der Waals surface area contributed by atoms with Crippen LogP contribution in [0.5, 0.6) is 0 Å². The molecule has 4 aromatic carbocycles. The van der Waals surface area contributed by atoms with Crippen LogP contribution in [0.25, 0.3) is 54.6 Å². The second-order valence-electron chi connectivity index (χ2n) is 7.09. The van der Waals surface area contributed by atoms with Crippen molar-refractivity contribution in [2.75, 3.05) is 0 Å². The molecule has 6 aromatic rings. The predicted molar refractivity (Wildman–Crippen MR) is 117 cm³/mol. The highest BCUT2D eigenvalue weighted by molar-refractivity contribution is 6.12. The minimum atomic E-state index is 0.956. The van der Waals surface area contributed by atoms with Crippen LogP contribution in [0, 0.1) is 0 Å². The van der Waals surface area contributed by atoms with Gasteiger partial charge in [0.15, 0.2) is 0 Å². The summed E-state index contributed by atoms with van der Waals surface area (Å²) >= 11 is 0. The molecule has 0 saturated carbocycles. The summed E-state index contributed by atoms with van der Waals surface area (Å²) in [6, 6.07) is 31.8. The summed E-state index contributed by atoms with van der Waals surface area (Å²) in [5.41, 5.74) is 4.03. The Bertz CT molecular complexity index is 1520. The van der Waals surface area contributed by atoms with Crippen LogP contribution in [-0.4, -0.2) is 9.97 Å². The van der Waals surface area contributed by atoms with Crippen LogP contribution in [0.15, 0.2) is 97.2 Å². The van der Waals surface area contributed by atoms with Crippen LogP contribution in [0.3, 0.4) is 0 Å². The summed E-state index contributed by atoms with van der Waals surface area (Å²) in [5, 5.41) is 7.25. The average Bonchev–Trinajstić information content (AvgIpc) is 2.78. The Morgan fingerprint density at radius 2 is 1.29 bits per heavy atom. The van der Waals surface area contributed by atoms with Crippen LogP contribution in [0.2, 0.25) is 0 Å². The summed E-state index contributed by atoms with van der Waals surface area (Å²) < 4.78 is 0. The van der Waals surface area contributed by atoms with Gasteiger partial charge in [-0.1, -0.05) is 66.7 Å². The molecule has 0 spiro atoms. The minimum Gasteiger partial charge on any atom is -0.256 e. The molecule has 2 nitrogen and oxygen atoms in total. The molecular weight excluding hydrogens is 340 g/mol. The first-order chi connectivity index (χ1) is 13.9. The Kier molecular flexibility index (Phi) is 3.20. The van der Waals surface area contributed by atoms with E-state index in [1.165, 1.54) is 26.9 Å². The first-order valence-corrected chi connectivity index (χ1v) is 9.44. The smallest absolute Gasteiger partial charge is 0.0802 e. The van der Waals surface area contributed by atoms with Gasteiger partial charge >= 0.3 is 0 Å². The van der Waals surface area contributed by atoms with E-state index in [1.54, 1.807) is 0 Å². The first kappa shape index (κ1) is 15.3. The third-order valence-corrected chi connectivity index (χ3v) is 5.49. The summed E-state index contributed by atoms with van der Waals surface area (Å²) in [5.74, 6) is 0. The molecule has 0 aliphatic rings. The van der Waals surface area contributed by atoms with Crippen molar-refractivity contribution in [1.29, 1.82) is 0 Å². The Balaban J connectivity index is 1.68. The Hall–Kier alpha value is -3.78. The SMILES string of the molecule is c1ccc2c(c1)ccc1nc(-c3cc4ccccc4c4cccnc34)ccc12. The van der Waals surface area contributed by atoms with E-state index in [4.69, 9.17) is 9.97 Å². The van der Waals surface area contributed by atoms with Gasteiger partial charge in [0.05, 0.1) is 16.7 Å². The van der Waals surface area contributed by atoms with Gasteiger partial charge in [-0.3, -0.25) is 4.98 Å². The lowest BCUT2D eigenvalue weighted by molar-refractivity contribution is 1.38. The van der Waals surface area contributed by atoms with Gasteiger partial charge < -0.3 is 0 Å². The van der Waals surface area contributed by atoms with Crippen LogP contribution in [0.4, 0.5) is 0 Å². The molecular formula is C26H16N2. The van der Waals surface area contributed by atoms with Crippen molar-refractivity contribution in [3.05, 3.63) is 97.2 Å². The zero-order chi connectivity index (χ0) is 18.5. The zero-order valence-corrected chi connectivity index (χ0v) is 15.1. The highest BCUT2D eigenvalue weighted by Crippen LogP contribution is 2.34. The quantitative estimate of drug-likeness (QED) is 0.304. The molecule has 130 valence electrons. The molecule has 0 fully saturated rings. The number of hydrogen-bond acceptors (Lipinski definition) is 2. The number of pyridine rings is 2. The van der Waals surface area contributed by atoms with Gasteiger partial charge in [0.2, 0.25) is 0 Å². The Labute approximate surface area is 162 Å². The minimum absolute atomic E-state index is 0.956. The van der Waals surface area contributed by atoms with Crippen LogP contribution in [-0.2, 0) is 0 Å². The number of fused-ring (bicyclic) bond motifs is 6. The van der Waals surface area contributed by atoms with Crippen molar-refractivity contribution in [2.45, 2.75) is 0 Å². The van der Waals surface area contributed by atoms with E-state index in [9.17, 15) is 0 Å². The van der Waals surface area contributed by atoms with E-state index < -0.39 is 0 Å². The van der Waals surface area contributed by atoms with E-state index >= 15 is 0 Å². The number of nitrogens with zero attached hydrogens (tertiary/aromatic N) is 2. The van der Waals surface area contributed by atoms with Gasteiger partial charge in [0, 0.05) is 22.5 Å². The maximum atomic E-state index is 5.01. The van der Waals surface area contributed by atoms with Crippen molar-refractivity contribution in [3.63, 3.8) is 0 Å². The fraction of sp³-hybridized carbons (Fsp3) is 0. The molecule has 0 radical (unpaired) electrons. The van der Waals surface area contributed by atoms with Crippen LogP contribution >= 0.6 is 0 Å². The topological polar surface area (TPSA) is 25.8 Å². The number of rotatable bonds is 1. The highest BCUT2D eigenvalue weighted by Gasteiger charge is 2.11. The van der Waals surface area contributed by atoms with E-state index in [2.05, 4.69) is 84.9 Å². The fourth-order valence-electron chi connectivity index (χ4n) is 4.16. The molecule has 0 bridgehead atoms. The lowest BCUT2D eigenvalue weighted by Crippen LogP contribution is -1.90. The second kappa shape index (κ2) is 5.86. The van der Waals surface area contributed by atoms with Crippen LogP contribution < -0.4 is 0 Å². The highest BCUT2D eigenvalue weighted by atomic mass is 14.7. The maximum Gasteiger partial charge on any atom is 0.0802 e. The van der Waals surface area contributed by atoms with Gasteiger partial charge in [0.1, 0.15) is 0 Å². The second-order valence-corrected chi connectivity index (χ2v) is 7.09. The zero-order valence-electron chi connectivity index (χ0n) is 15.1. The van der Waals surface area contributed by atoms with Gasteiger partial charge in [-0.25, -0.2) is 4.98 Å². The van der Waals surface area contributed by atoms with Gasteiger partial charge in [0.25, 0.3) is 0 Å². The fourth-order valence-corrected chi connectivity index (χ4v) is 4.16. The van der Waals surface area contributed by atoms with Crippen molar-refractivity contribution in [3.8, 4) is 11.3 Å². The van der Waals surface area contributed by atoms with Crippen LogP contribution in [0.1, 0.15) is 0 Å². The van der Waals surface area contributed by atoms with E-state index in [0.717, 1.165) is 27.7 Å². The van der Waals surface area contributed by atoms with Crippen molar-refractivity contribution in [2.24, 2.45) is 0 Å². The normalized spacial score (nSPS) is 11.6. The molecule has 0 N–H and O–H groups in total. The molecule has 2 aromatic heterocycles. The molecule has 0 unspecified atom stereocenters. The standard InChI is InChI=1S/C26H16N2/c1-3-8-19-17(6-1)11-13-24-21(19)12-14-25(28-24)23-16-18-7-2-4-9-20(18)22-10-5-15-27-26(22)23/h1-16H. The van der Waals surface area contributed by atoms with Gasteiger partial charge in [-0.2, -0.15) is 0 Å². The lowest BCUT2D eigenvalue weighted by atomic mass is 9.98. The third-order valence-electron chi connectivity index (χ3n) is 5.49. The van der Waals surface area contributed by atoms with Gasteiger partial charge in [-0.15, -0.1) is 0 Å². The van der Waals surface area contributed by atoms with E-state index in [-0.39, 0.29) is 0 Å². The molecule has 0 aliphatic heterocycles. The maximum absolute atomic E-state index is 5.01. The number of hydrogen-bond donors (Lipinski definition) is 0. The summed E-state index contributed by atoms with van der Waals surface area (Å²) in [7, 11) is 0.